The Kier molecular flexibility index (Phi) is 6.20. The Bertz CT molecular complexity index is 1070. The number of aromatic nitrogens is 2. The number of carbonyl (C=O) groups is 1. The average molecular weight is 465 g/mol. The van der Waals surface area contributed by atoms with Crippen LogP contribution in [0, 0.1) is 17.7 Å². The summed E-state index contributed by atoms with van der Waals surface area (Å²) in [5.74, 6) is -6.28. The van der Waals surface area contributed by atoms with Crippen molar-refractivity contribution in [2.75, 3.05) is 5.32 Å². The van der Waals surface area contributed by atoms with Crippen LogP contribution in [0.5, 0.6) is 0 Å². The first kappa shape index (κ1) is 23.0. The lowest BCUT2D eigenvalue weighted by Gasteiger charge is -2.16. The summed E-state index contributed by atoms with van der Waals surface area (Å²) < 4.78 is 104. The number of anilines is 1. The van der Waals surface area contributed by atoms with Gasteiger partial charge >= 0.3 is 6.18 Å². The minimum absolute atomic E-state index is 0.359. The van der Waals surface area contributed by atoms with Crippen molar-refractivity contribution in [2.45, 2.75) is 24.0 Å². The third-order valence-corrected chi connectivity index (χ3v) is 5.60. The van der Waals surface area contributed by atoms with Gasteiger partial charge in [0.25, 0.3) is 11.9 Å². The van der Waals surface area contributed by atoms with E-state index in [2.05, 4.69) is 4.98 Å². The van der Waals surface area contributed by atoms with Gasteiger partial charge in [0.1, 0.15) is 16.6 Å². The van der Waals surface area contributed by atoms with Crippen molar-refractivity contribution in [3.8, 4) is 0 Å². The smallest absolute Gasteiger partial charge is 0.344 e. The number of carbonyl (C=O) groups excluding carboxylic acids is 1. The van der Waals surface area contributed by atoms with Crippen molar-refractivity contribution in [3.05, 3.63) is 40.7 Å². The van der Waals surface area contributed by atoms with E-state index in [-0.39, 0.29) is 0 Å². The van der Waals surface area contributed by atoms with Crippen molar-refractivity contribution in [1.29, 1.82) is 0 Å². The number of amides is 1. The van der Waals surface area contributed by atoms with Crippen LogP contribution in [0.2, 0.25) is 5.02 Å². The van der Waals surface area contributed by atoms with Crippen LogP contribution in [0.15, 0.2) is 17.2 Å². The van der Waals surface area contributed by atoms with Gasteiger partial charge < -0.3 is 9.88 Å². The number of rotatable bonds is 5. The first-order chi connectivity index (χ1) is 13.1. The lowest BCUT2D eigenvalue weighted by molar-refractivity contribution is -0.147. The topological polar surface area (TPSA) is 93.1 Å². The molecule has 2 N–H and O–H groups in total. The van der Waals surface area contributed by atoms with Crippen molar-refractivity contribution in [1.82, 2.24) is 14.3 Å². The zero-order chi connectivity index (χ0) is 22.3. The van der Waals surface area contributed by atoms with Crippen LogP contribution < -0.4 is 10.0 Å². The first-order valence-corrected chi connectivity index (χ1v) is 9.28. The number of hydrogen-bond donors (Lipinski definition) is 2. The Balaban J connectivity index is 2.40. The van der Waals surface area contributed by atoms with Gasteiger partial charge in [-0.1, -0.05) is 11.6 Å². The van der Waals surface area contributed by atoms with Crippen molar-refractivity contribution in [2.24, 2.45) is 7.05 Å². The van der Waals surface area contributed by atoms with E-state index >= 15 is 0 Å². The molecule has 0 aliphatic heterocycles. The van der Waals surface area contributed by atoms with Gasteiger partial charge in [0.05, 0.1) is 10.7 Å². The molecule has 0 saturated carbocycles. The van der Waals surface area contributed by atoms with Gasteiger partial charge in [-0.05, 0) is 6.92 Å². The van der Waals surface area contributed by atoms with Gasteiger partial charge in [-0.25, -0.2) is 8.42 Å². The van der Waals surface area contributed by atoms with Gasteiger partial charge in [-0.2, -0.15) is 36.0 Å². The molecule has 1 atom stereocenters. The van der Waals surface area contributed by atoms with E-state index < -0.39 is 67.2 Å². The van der Waals surface area contributed by atoms with E-state index in [0.29, 0.717) is 13.0 Å². The predicted octanol–water partition coefficient (Wildman–Crippen LogP) is 2.97. The summed E-state index contributed by atoms with van der Waals surface area (Å²) in [6, 6.07) is -2.10. The fraction of sp³-hybridized carbons (Fsp3) is 0.286. The molecule has 0 fully saturated rings. The molecular weight excluding hydrogens is 454 g/mol. The summed E-state index contributed by atoms with van der Waals surface area (Å²) >= 11 is 5.84. The van der Waals surface area contributed by atoms with Crippen LogP contribution in [0.3, 0.4) is 0 Å². The summed E-state index contributed by atoms with van der Waals surface area (Å²) in [7, 11) is -3.69. The Labute approximate surface area is 164 Å². The molecule has 7 nitrogen and oxygen atoms in total. The summed E-state index contributed by atoms with van der Waals surface area (Å²) in [4.78, 5) is 14.0. The summed E-state index contributed by atoms with van der Waals surface area (Å²) in [6.45, 7) is 0.553. The quantitative estimate of drug-likeness (QED) is 0.525. The maximum absolute atomic E-state index is 13.6. The first-order valence-electron chi connectivity index (χ1n) is 7.42. The Hall–Kier alpha value is -2.32. The molecule has 0 aliphatic carbocycles. The minimum atomic E-state index is -4.89. The number of pyridine rings is 1. The molecular formula is C14H11ClF6N4O3S. The van der Waals surface area contributed by atoms with Gasteiger partial charge in [0.15, 0.2) is 0 Å². The maximum Gasteiger partial charge on any atom is 0.404 e. The Morgan fingerprint density at radius 2 is 1.86 bits per heavy atom. The number of aryl methyl sites for hydroxylation is 1. The highest BCUT2D eigenvalue weighted by molar-refractivity contribution is 7.89. The van der Waals surface area contributed by atoms with Gasteiger partial charge in [-0.15, -0.1) is 0 Å². The van der Waals surface area contributed by atoms with Gasteiger partial charge in [-0.3, -0.25) is 4.79 Å². The van der Waals surface area contributed by atoms with Crippen LogP contribution in [0.1, 0.15) is 17.4 Å². The molecule has 0 aliphatic rings. The highest BCUT2D eigenvalue weighted by Crippen LogP contribution is 2.30. The molecule has 0 bridgehead atoms. The van der Waals surface area contributed by atoms with Crippen molar-refractivity contribution >= 4 is 33.2 Å². The van der Waals surface area contributed by atoms with Crippen LogP contribution in [-0.2, 0) is 17.1 Å². The normalized spacial score (nSPS) is 13.4. The molecule has 29 heavy (non-hydrogen) atoms. The van der Waals surface area contributed by atoms with Crippen LogP contribution in [-0.4, -0.2) is 36.1 Å². The number of halogens is 7. The second kappa shape index (κ2) is 7.84. The molecule has 2 heterocycles. The molecule has 15 heteroatoms. The van der Waals surface area contributed by atoms with E-state index in [1.165, 1.54) is 4.72 Å². The molecule has 160 valence electrons. The van der Waals surface area contributed by atoms with Crippen LogP contribution >= 0.6 is 11.6 Å². The lowest BCUT2D eigenvalue weighted by atomic mass is 10.3. The number of nitrogens with one attached hydrogen (secondary N) is 2. The maximum atomic E-state index is 13.6. The van der Waals surface area contributed by atoms with E-state index in [4.69, 9.17) is 11.6 Å². The standard InChI is InChI=1S/C14H11ClF6N4O3S/c1-5(14(19,20)21)24-29(27,28)7-4-25(2)11(9(7)15)13(26)22-6-3-8(16)23-12(18)10(6)17/h3-5,24H,1-2H3,(H,22,23,26)/t5-/m1/s1. The number of sulfonamides is 1. The van der Waals surface area contributed by atoms with E-state index in [1.54, 1.807) is 5.32 Å². The summed E-state index contributed by atoms with van der Waals surface area (Å²) in [5, 5.41) is 0.996. The summed E-state index contributed by atoms with van der Waals surface area (Å²) in [5.41, 5.74) is -1.57. The fourth-order valence-corrected chi connectivity index (χ4v) is 4.05. The minimum Gasteiger partial charge on any atom is -0.344 e. The molecule has 1 amide bonds. The second-order valence-corrected chi connectivity index (χ2v) is 7.76. The SMILES string of the molecule is C[C@@H](NS(=O)(=O)c1cn(C)c(C(=O)Nc2cc(F)nc(F)c2F)c1Cl)C(F)(F)F. The van der Waals surface area contributed by atoms with Crippen molar-refractivity contribution in [3.63, 3.8) is 0 Å². The molecule has 2 rings (SSSR count). The molecule has 0 aromatic carbocycles. The Morgan fingerprint density at radius 3 is 2.41 bits per heavy atom. The van der Waals surface area contributed by atoms with E-state index in [1.807, 2.05) is 0 Å². The largest absolute Gasteiger partial charge is 0.404 e. The Morgan fingerprint density at radius 1 is 1.28 bits per heavy atom. The number of hydrogen-bond acceptors (Lipinski definition) is 4. The fourth-order valence-electron chi connectivity index (χ4n) is 2.12. The molecule has 0 saturated heterocycles. The third kappa shape index (κ3) is 4.82. The zero-order valence-corrected chi connectivity index (χ0v) is 16.0. The summed E-state index contributed by atoms with van der Waals surface area (Å²) in [6.07, 6.45) is -4.14. The lowest BCUT2D eigenvalue weighted by Crippen LogP contribution is -2.42. The number of alkyl halides is 3. The van der Waals surface area contributed by atoms with Crippen molar-refractivity contribution < 1.29 is 39.6 Å². The second-order valence-electron chi connectivity index (χ2n) is 5.70. The number of nitrogens with zero attached hydrogens (tertiary/aromatic N) is 2. The molecule has 0 radical (unpaired) electrons. The van der Waals surface area contributed by atoms with Gasteiger partial charge in [0, 0.05) is 19.3 Å². The molecule has 2 aromatic heterocycles. The van der Waals surface area contributed by atoms with E-state index in [0.717, 1.165) is 17.8 Å². The molecule has 2 aromatic rings. The predicted molar refractivity (Wildman–Crippen MR) is 88.3 cm³/mol. The highest BCUT2D eigenvalue weighted by atomic mass is 35.5. The van der Waals surface area contributed by atoms with E-state index in [9.17, 15) is 39.6 Å². The van der Waals surface area contributed by atoms with Crippen LogP contribution in [0.4, 0.5) is 32.0 Å². The third-order valence-electron chi connectivity index (χ3n) is 3.55. The highest BCUT2D eigenvalue weighted by Gasteiger charge is 2.40. The average Bonchev–Trinajstić information content (AvgIpc) is 2.86. The molecule has 0 unspecified atom stereocenters. The zero-order valence-electron chi connectivity index (χ0n) is 14.4. The monoisotopic (exact) mass is 464 g/mol. The van der Waals surface area contributed by atoms with Gasteiger partial charge in [0.2, 0.25) is 21.8 Å². The molecule has 0 spiro atoms. The van der Waals surface area contributed by atoms with Crippen LogP contribution in [0.25, 0.3) is 0 Å².